The van der Waals surface area contributed by atoms with Crippen molar-refractivity contribution in [3.05, 3.63) is 88.2 Å². The summed E-state index contributed by atoms with van der Waals surface area (Å²) in [6.45, 7) is 0. The number of rotatable bonds is 6. The third-order valence-electron chi connectivity index (χ3n) is 3.70. The Hall–Kier alpha value is -3.59. The Bertz CT molecular complexity index is 1030. The predicted octanol–water partition coefficient (Wildman–Crippen LogP) is 5.06. The summed E-state index contributed by atoms with van der Waals surface area (Å²) >= 11 is 1.37. The van der Waals surface area contributed by atoms with Crippen molar-refractivity contribution >= 4 is 34.9 Å². The molecular weight excluding hydrogens is 417 g/mol. The van der Waals surface area contributed by atoms with E-state index >= 15 is 0 Å². The predicted molar refractivity (Wildman–Crippen MR) is 108 cm³/mol. The maximum Gasteiger partial charge on any atom is 0.573 e. The number of hydrogen-bond acceptors (Lipinski definition) is 4. The lowest BCUT2D eigenvalue weighted by molar-refractivity contribution is -0.274. The molecule has 2 N–H and O–H groups in total. The zero-order valence-corrected chi connectivity index (χ0v) is 16.1. The molecule has 2 amide bonds. The number of nitrogens with one attached hydrogen (secondary N) is 2. The number of alkyl halides is 3. The maximum atomic E-state index is 12.7. The smallest absolute Gasteiger partial charge is 0.406 e. The number of hydrogen-bond donors (Lipinski definition) is 2. The van der Waals surface area contributed by atoms with E-state index < -0.39 is 23.9 Å². The number of amides is 2. The molecule has 154 valence electrons. The number of ether oxygens (including phenoxy) is 1. The number of halogens is 3. The van der Waals surface area contributed by atoms with Gasteiger partial charge >= 0.3 is 6.36 Å². The molecule has 1 heterocycles. The number of carbonyl (C=O) groups excluding carboxylic acids is 2. The van der Waals surface area contributed by atoms with E-state index in [0.717, 1.165) is 17.0 Å². The van der Waals surface area contributed by atoms with Gasteiger partial charge in [0.25, 0.3) is 11.8 Å². The highest BCUT2D eigenvalue weighted by molar-refractivity contribution is 7.10. The summed E-state index contributed by atoms with van der Waals surface area (Å²) in [5, 5.41) is 6.94. The lowest BCUT2D eigenvalue weighted by Gasteiger charge is -2.12. The first-order valence-corrected chi connectivity index (χ1v) is 9.47. The van der Waals surface area contributed by atoms with Crippen LogP contribution in [-0.2, 0) is 4.79 Å². The summed E-state index contributed by atoms with van der Waals surface area (Å²) in [6.07, 6.45) is -3.29. The number of carbonyl (C=O) groups is 2. The zero-order valence-electron chi connectivity index (χ0n) is 15.3. The van der Waals surface area contributed by atoms with E-state index in [1.54, 1.807) is 42.5 Å². The Labute approximate surface area is 173 Å². The van der Waals surface area contributed by atoms with Crippen molar-refractivity contribution < 1.29 is 27.5 Å². The van der Waals surface area contributed by atoms with E-state index in [1.807, 2.05) is 5.38 Å². The van der Waals surface area contributed by atoms with Gasteiger partial charge in [-0.15, -0.1) is 24.5 Å². The van der Waals surface area contributed by atoms with Crippen LogP contribution in [0.5, 0.6) is 5.75 Å². The normalized spacial score (nSPS) is 11.6. The minimum atomic E-state index is -4.80. The molecule has 5 nitrogen and oxygen atoms in total. The Kier molecular flexibility index (Phi) is 6.53. The van der Waals surface area contributed by atoms with Gasteiger partial charge in [0.1, 0.15) is 11.4 Å². The van der Waals surface area contributed by atoms with Crippen LogP contribution in [0.2, 0.25) is 0 Å². The van der Waals surface area contributed by atoms with E-state index in [4.69, 9.17) is 0 Å². The second kappa shape index (κ2) is 9.27. The molecule has 0 radical (unpaired) electrons. The fraction of sp³-hybridized carbons (Fsp3) is 0.0476. The first-order chi connectivity index (χ1) is 14.3. The van der Waals surface area contributed by atoms with Crippen LogP contribution in [0.15, 0.2) is 77.8 Å². The van der Waals surface area contributed by atoms with Gasteiger partial charge in [-0.05, 0) is 53.9 Å². The zero-order chi connectivity index (χ0) is 21.6. The summed E-state index contributed by atoms with van der Waals surface area (Å²) in [7, 11) is 0. The second-order valence-electron chi connectivity index (χ2n) is 5.92. The van der Waals surface area contributed by atoms with E-state index in [9.17, 15) is 22.8 Å². The molecule has 0 atom stereocenters. The largest absolute Gasteiger partial charge is 0.573 e. The fourth-order valence-corrected chi connectivity index (χ4v) is 3.05. The van der Waals surface area contributed by atoms with Gasteiger partial charge < -0.3 is 15.4 Å². The molecule has 30 heavy (non-hydrogen) atoms. The monoisotopic (exact) mass is 432 g/mol. The topological polar surface area (TPSA) is 67.4 Å². The molecule has 2 aromatic carbocycles. The third-order valence-corrected chi connectivity index (χ3v) is 4.52. The molecule has 1 aromatic heterocycles. The maximum absolute atomic E-state index is 12.7. The van der Waals surface area contributed by atoms with Crippen LogP contribution in [-0.4, -0.2) is 18.2 Å². The van der Waals surface area contributed by atoms with Gasteiger partial charge in [0.15, 0.2) is 0 Å². The summed E-state index contributed by atoms with van der Waals surface area (Å²) in [5.41, 5.74) is 0.596. The molecule has 0 saturated heterocycles. The minimum Gasteiger partial charge on any atom is -0.406 e. The highest BCUT2D eigenvalue weighted by Crippen LogP contribution is 2.24. The summed E-state index contributed by atoms with van der Waals surface area (Å²) in [6, 6.07) is 16.6. The van der Waals surface area contributed by atoms with Crippen molar-refractivity contribution in [3.63, 3.8) is 0 Å². The van der Waals surface area contributed by atoms with Gasteiger partial charge in [-0.3, -0.25) is 9.59 Å². The summed E-state index contributed by atoms with van der Waals surface area (Å²) < 4.78 is 40.6. The van der Waals surface area contributed by atoms with Gasteiger partial charge in [-0.1, -0.05) is 24.3 Å². The van der Waals surface area contributed by atoms with Crippen LogP contribution in [0.1, 0.15) is 15.2 Å². The molecule has 0 aliphatic heterocycles. The Morgan fingerprint density at radius 1 is 0.933 bits per heavy atom. The van der Waals surface area contributed by atoms with E-state index in [0.29, 0.717) is 5.56 Å². The van der Waals surface area contributed by atoms with Gasteiger partial charge in [0.05, 0.1) is 0 Å². The quantitative estimate of drug-likeness (QED) is 0.536. The third kappa shape index (κ3) is 6.21. The number of benzene rings is 2. The minimum absolute atomic E-state index is 0.0121. The van der Waals surface area contributed by atoms with Crippen LogP contribution in [0.25, 0.3) is 6.08 Å². The lowest BCUT2D eigenvalue weighted by atomic mass is 10.2. The van der Waals surface area contributed by atoms with Crippen LogP contribution < -0.4 is 15.4 Å². The molecule has 9 heteroatoms. The average molecular weight is 432 g/mol. The van der Waals surface area contributed by atoms with Crippen molar-refractivity contribution in [2.75, 3.05) is 5.32 Å². The molecule has 3 rings (SSSR count). The number of thiophene rings is 1. The fourth-order valence-electron chi connectivity index (χ4n) is 2.40. The molecule has 0 spiro atoms. The van der Waals surface area contributed by atoms with Crippen LogP contribution >= 0.6 is 11.3 Å². The SMILES string of the molecule is O=C(Nc1ccc(OC(F)(F)F)cc1)/C(=C/c1cccs1)NC(=O)c1ccccc1. The van der Waals surface area contributed by atoms with Crippen molar-refractivity contribution in [3.8, 4) is 5.75 Å². The molecule has 0 aliphatic rings. The molecule has 0 fully saturated rings. The number of anilines is 1. The molecule has 0 saturated carbocycles. The lowest BCUT2D eigenvalue weighted by Crippen LogP contribution is -2.30. The summed E-state index contributed by atoms with van der Waals surface area (Å²) in [4.78, 5) is 25.9. The van der Waals surface area contributed by atoms with Gasteiger partial charge in [-0.25, -0.2) is 0 Å². The second-order valence-corrected chi connectivity index (χ2v) is 6.90. The van der Waals surface area contributed by atoms with Gasteiger partial charge in [0.2, 0.25) is 0 Å². The highest BCUT2D eigenvalue weighted by atomic mass is 32.1. The average Bonchev–Trinajstić information content (AvgIpc) is 3.21. The van der Waals surface area contributed by atoms with Crippen molar-refractivity contribution in [1.82, 2.24) is 5.32 Å². The van der Waals surface area contributed by atoms with Crippen molar-refractivity contribution in [1.29, 1.82) is 0 Å². The first-order valence-electron chi connectivity index (χ1n) is 8.59. The molecule has 0 unspecified atom stereocenters. The Balaban J connectivity index is 1.76. The van der Waals surface area contributed by atoms with Crippen molar-refractivity contribution in [2.45, 2.75) is 6.36 Å². The van der Waals surface area contributed by atoms with Crippen LogP contribution in [0.3, 0.4) is 0 Å². The molecule has 0 aliphatic carbocycles. The van der Waals surface area contributed by atoms with Crippen LogP contribution in [0.4, 0.5) is 18.9 Å². The van der Waals surface area contributed by atoms with Gasteiger partial charge in [-0.2, -0.15) is 0 Å². The van der Waals surface area contributed by atoms with E-state index in [2.05, 4.69) is 15.4 Å². The van der Waals surface area contributed by atoms with E-state index in [1.165, 1.54) is 29.5 Å². The van der Waals surface area contributed by atoms with Crippen molar-refractivity contribution in [2.24, 2.45) is 0 Å². The van der Waals surface area contributed by atoms with Gasteiger partial charge in [0, 0.05) is 16.1 Å². The molecule has 3 aromatic rings. The molecular formula is C21H15F3N2O3S. The molecule has 0 bridgehead atoms. The Morgan fingerprint density at radius 3 is 2.23 bits per heavy atom. The first kappa shape index (κ1) is 21.1. The van der Waals surface area contributed by atoms with E-state index in [-0.39, 0.29) is 11.4 Å². The highest BCUT2D eigenvalue weighted by Gasteiger charge is 2.31. The standard InChI is InChI=1S/C21H15F3N2O3S/c22-21(23,24)29-16-10-8-15(9-11-16)25-20(28)18(13-17-7-4-12-30-17)26-19(27)14-5-2-1-3-6-14/h1-13H,(H,25,28)(H,26,27)/b18-13-. The Morgan fingerprint density at radius 2 is 1.63 bits per heavy atom. The summed E-state index contributed by atoms with van der Waals surface area (Å²) in [5.74, 6) is -1.51. The van der Waals surface area contributed by atoms with Crippen LogP contribution in [0, 0.1) is 0 Å².